The van der Waals surface area contributed by atoms with Gasteiger partial charge in [-0.1, -0.05) is 32.9 Å². The number of hydrogen-bond donors (Lipinski definition) is 2. The summed E-state index contributed by atoms with van der Waals surface area (Å²) < 4.78 is 18.7. The molecule has 2 aromatic carbocycles. The summed E-state index contributed by atoms with van der Waals surface area (Å²) in [6.45, 7) is 6.24. The van der Waals surface area contributed by atoms with E-state index in [2.05, 4.69) is 31.4 Å². The van der Waals surface area contributed by atoms with E-state index in [0.29, 0.717) is 30.3 Å². The van der Waals surface area contributed by atoms with Gasteiger partial charge >= 0.3 is 6.03 Å². The van der Waals surface area contributed by atoms with E-state index >= 15 is 0 Å². The summed E-state index contributed by atoms with van der Waals surface area (Å²) in [6.07, 6.45) is 2.15. The van der Waals surface area contributed by atoms with Crippen LogP contribution in [0.15, 0.2) is 48.5 Å². The Morgan fingerprint density at radius 3 is 2.32 bits per heavy atom. The van der Waals surface area contributed by atoms with Gasteiger partial charge in [-0.25, -0.2) is 9.18 Å². The summed E-state index contributed by atoms with van der Waals surface area (Å²) >= 11 is 0. The molecule has 4 rings (SSSR count). The number of carbonyl (C=O) groups is 3. The first-order valence-corrected chi connectivity index (χ1v) is 11.5. The normalized spacial score (nSPS) is 23.6. The van der Waals surface area contributed by atoms with Crippen LogP contribution in [0.25, 0.3) is 0 Å². The lowest BCUT2D eigenvalue weighted by molar-refractivity contribution is -0.137. The average Bonchev–Trinajstić information content (AvgIpc) is 2.96. The quantitative estimate of drug-likeness (QED) is 0.618. The van der Waals surface area contributed by atoms with E-state index in [1.54, 1.807) is 36.4 Å². The zero-order chi connectivity index (χ0) is 24.5. The molecule has 4 amide bonds. The highest BCUT2D eigenvalue weighted by Gasteiger charge is 2.56. The zero-order valence-electron chi connectivity index (χ0n) is 19.7. The fourth-order valence-electron chi connectivity index (χ4n) is 5.36. The Balaban J connectivity index is 1.31. The number of amides is 4. The molecular formula is C26H30FN3O4. The van der Waals surface area contributed by atoms with Gasteiger partial charge in [0.05, 0.1) is 0 Å². The summed E-state index contributed by atoms with van der Waals surface area (Å²) in [5.74, 6) is 0.348. The van der Waals surface area contributed by atoms with Crippen molar-refractivity contribution in [2.75, 3.05) is 6.54 Å². The second kappa shape index (κ2) is 9.08. The number of rotatable bonds is 6. The molecule has 1 saturated heterocycles. The first-order chi connectivity index (χ1) is 16.1. The van der Waals surface area contributed by atoms with E-state index < -0.39 is 17.5 Å². The third-order valence-electron chi connectivity index (χ3n) is 6.39. The van der Waals surface area contributed by atoms with Crippen molar-refractivity contribution < 1.29 is 23.5 Å². The maximum atomic E-state index is 13.2. The number of imide groups is 1. The first kappa shape index (κ1) is 23.7. The zero-order valence-corrected chi connectivity index (χ0v) is 19.7. The fraction of sp³-hybridized carbons (Fsp3) is 0.423. The summed E-state index contributed by atoms with van der Waals surface area (Å²) in [7, 11) is 0. The Kier molecular flexibility index (Phi) is 6.34. The summed E-state index contributed by atoms with van der Waals surface area (Å²) in [5, 5.41) is 5.65. The second-order valence-corrected chi connectivity index (χ2v) is 10.2. The Morgan fingerprint density at radius 2 is 1.71 bits per heavy atom. The molecule has 180 valence electrons. The van der Waals surface area contributed by atoms with Crippen LogP contribution in [0.2, 0.25) is 0 Å². The van der Waals surface area contributed by atoms with Crippen molar-refractivity contribution in [2.24, 2.45) is 11.3 Å². The van der Waals surface area contributed by atoms with Gasteiger partial charge in [0.1, 0.15) is 29.4 Å². The molecule has 2 N–H and O–H groups in total. The summed E-state index contributed by atoms with van der Waals surface area (Å²) in [4.78, 5) is 39.3. The van der Waals surface area contributed by atoms with E-state index in [0.717, 1.165) is 16.9 Å². The first-order valence-electron chi connectivity index (χ1n) is 11.5. The van der Waals surface area contributed by atoms with Gasteiger partial charge in [0, 0.05) is 6.54 Å². The van der Waals surface area contributed by atoms with Crippen LogP contribution in [-0.4, -0.2) is 34.8 Å². The second-order valence-electron chi connectivity index (χ2n) is 10.2. The highest BCUT2D eigenvalue weighted by Crippen LogP contribution is 2.46. The Labute approximate surface area is 198 Å². The van der Waals surface area contributed by atoms with Gasteiger partial charge < -0.3 is 15.4 Å². The van der Waals surface area contributed by atoms with Crippen molar-refractivity contribution >= 4 is 17.8 Å². The van der Waals surface area contributed by atoms with Gasteiger partial charge in [0.2, 0.25) is 5.91 Å². The van der Waals surface area contributed by atoms with Gasteiger partial charge in [-0.15, -0.1) is 0 Å². The van der Waals surface area contributed by atoms with Crippen LogP contribution in [0.5, 0.6) is 11.5 Å². The molecule has 2 aliphatic rings. The Hall–Kier alpha value is -3.42. The van der Waals surface area contributed by atoms with Crippen molar-refractivity contribution in [2.45, 2.75) is 52.1 Å². The third kappa shape index (κ3) is 5.21. The molecule has 1 aliphatic heterocycles. The number of hydrogen-bond acceptors (Lipinski definition) is 4. The molecule has 0 aromatic heterocycles. The van der Waals surface area contributed by atoms with E-state index in [4.69, 9.17) is 4.74 Å². The molecule has 1 aliphatic carbocycles. The van der Waals surface area contributed by atoms with Crippen molar-refractivity contribution in [3.8, 4) is 11.5 Å². The minimum Gasteiger partial charge on any atom is -0.457 e. The van der Waals surface area contributed by atoms with Crippen LogP contribution in [0.3, 0.4) is 0 Å². The summed E-state index contributed by atoms with van der Waals surface area (Å²) in [5.41, 5.74) is -0.152. The maximum Gasteiger partial charge on any atom is 0.325 e. The van der Waals surface area contributed by atoms with Crippen molar-refractivity contribution in [3.05, 3.63) is 59.9 Å². The number of urea groups is 1. The number of nitrogens with zero attached hydrogens (tertiary/aromatic N) is 1. The molecule has 1 saturated carbocycles. The van der Waals surface area contributed by atoms with Crippen molar-refractivity contribution in [3.63, 3.8) is 0 Å². The molecule has 2 fully saturated rings. The molecular weight excluding hydrogens is 437 g/mol. The number of benzene rings is 2. The number of ether oxygens (including phenoxy) is 1. The van der Waals surface area contributed by atoms with Gasteiger partial charge in [-0.05, 0) is 72.6 Å². The molecule has 0 unspecified atom stereocenters. The van der Waals surface area contributed by atoms with Gasteiger partial charge in [0.25, 0.3) is 5.91 Å². The molecule has 8 heteroatoms. The molecule has 34 heavy (non-hydrogen) atoms. The summed E-state index contributed by atoms with van der Waals surface area (Å²) in [6, 6.07) is 12.3. The topological polar surface area (TPSA) is 87.7 Å². The van der Waals surface area contributed by atoms with Crippen LogP contribution in [0.4, 0.5) is 9.18 Å². The van der Waals surface area contributed by atoms with Crippen LogP contribution >= 0.6 is 0 Å². The minimum absolute atomic E-state index is 0.0640. The maximum absolute atomic E-state index is 13.2. The predicted molar refractivity (Wildman–Crippen MR) is 125 cm³/mol. The highest BCUT2D eigenvalue weighted by molar-refractivity contribution is 6.09. The van der Waals surface area contributed by atoms with Crippen LogP contribution in [0.1, 0.15) is 45.6 Å². The molecule has 1 heterocycles. The SMILES string of the molecule is C[C@@H]1CC(C)(C)C[C@@]2(C1)NC(=O)N(CC(=O)NCc1ccc(Oc3ccc(F)cc3)cc1)C2=O. The van der Waals surface area contributed by atoms with E-state index in [-0.39, 0.29) is 30.2 Å². The molecule has 7 nitrogen and oxygen atoms in total. The van der Waals surface area contributed by atoms with Crippen LogP contribution < -0.4 is 15.4 Å². The molecule has 1 spiro atoms. The van der Waals surface area contributed by atoms with E-state index in [1.165, 1.54) is 12.1 Å². The number of halogens is 1. The van der Waals surface area contributed by atoms with Crippen LogP contribution in [0, 0.1) is 17.2 Å². The van der Waals surface area contributed by atoms with Gasteiger partial charge in [-0.3, -0.25) is 14.5 Å². The smallest absolute Gasteiger partial charge is 0.325 e. The number of nitrogens with one attached hydrogen (secondary N) is 2. The van der Waals surface area contributed by atoms with E-state index in [1.807, 2.05) is 0 Å². The Bertz CT molecular complexity index is 1080. The lowest BCUT2D eigenvalue weighted by Crippen LogP contribution is -2.54. The lowest BCUT2D eigenvalue weighted by Gasteiger charge is -2.43. The monoisotopic (exact) mass is 467 g/mol. The molecule has 0 radical (unpaired) electrons. The predicted octanol–water partition coefficient (Wildman–Crippen LogP) is 4.37. The van der Waals surface area contributed by atoms with Crippen LogP contribution in [-0.2, 0) is 16.1 Å². The average molecular weight is 468 g/mol. The molecule has 2 atom stereocenters. The molecule has 0 bridgehead atoms. The third-order valence-corrected chi connectivity index (χ3v) is 6.39. The standard InChI is InChI=1S/C26H30FN3O4/c1-17-12-25(2,3)16-26(13-17)23(32)30(24(33)29-26)15-22(31)28-14-18-4-8-20(9-5-18)34-21-10-6-19(27)7-11-21/h4-11,17H,12-16H2,1-3H3,(H,28,31)(H,29,33)/t17-,26-/m1/s1. The number of carbonyl (C=O) groups excluding carboxylic acids is 3. The largest absolute Gasteiger partial charge is 0.457 e. The van der Waals surface area contributed by atoms with E-state index in [9.17, 15) is 18.8 Å². The highest BCUT2D eigenvalue weighted by atomic mass is 19.1. The van der Waals surface area contributed by atoms with Gasteiger partial charge in [-0.2, -0.15) is 0 Å². The Morgan fingerprint density at radius 1 is 1.09 bits per heavy atom. The minimum atomic E-state index is -0.918. The van der Waals surface area contributed by atoms with Crippen molar-refractivity contribution in [1.82, 2.24) is 15.5 Å². The van der Waals surface area contributed by atoms with Crippen molar-refractivity contribution in [1.29, 1.82) is 0 Å². The fourth-order valence-corrected chi connectivity index (χ4v) is 5.36. The van der Waals surface area contributed by atoms with Gasteiger partial charge in [0.15, 0.2) is 0 Å². The lowest BCUT2D eigenvalue weighted by atomic mass is 9.64. The molecule has 2 aromatic rings.